The molecule has 1 aliphatic carbocycles. The van der Waals surface area contributed by atoms with Gasteiger partial charge in [0.05, 0.1) is 39.3 Å². The molecule has 30 heavy (non-hydrogen) atoms. The number of hydrogen-bond donors (Lipinski definition) is 1. The normalized spacial score (nSPS) is 27.7. The third-order valence-electron chi connectivity index (χ3n) is 5.85. The van der Waals surface area contributed by atoms with E-state index in [1.807, 2.05) is 0 Å². The van der Waals surface area contributed by atoms with Crippen molar-refractivity contribution in [3.05, 3.63) is 0 Å². The van der Waals surface area contributed by atoms with Crippen LogP contribution in [-0.4, -0.2) is 57.5 Å². The number of nitrogens with one attached hydrogen (secondary N) is 1. The first-order chi connectivity index (χ1) is 14.1. The molecule has 0 aromatic heterocycles. The van der Waals surface area contributed by atoms with Crippen molar-refractivity contribution in [2.75, 3.05) is 33.5 Å². The van der Waals surface area contributed by atoms with Gasteiger partial charge in [-0.25, -0.2) is 0 Å². The highest BCUT2D eigenvalue weighted by Crippen LogP contribution is 2.58. The maximum absolute atomic E-state index is 13.4. The summed E-state index contributed by atoms with van der Waals surface area (Å²) in [6.45, 7) is 3.69. The standard InChI is InChI=1S/C20H34NO8P/c1-20(2)13-28-30(25,29-17(20)18(23)21-11-10-16(22)26-3)12-15(19(24)27-4)14-8-6-5-7-9-14/h14-15,17H,5-13H2,1-4H3,(H,21,23)/t15-,17-,30?/m0/s1. The Kier molecular flexibility index (Phi) is 8.88. The van der Waals surface area contributed by atoms with Crippen LogP contribution in [-0.2, 0) is 37.5 Å². The molecule has 0 aromatic carbocycles. The van der Waals surface area contributed by atoms with Gasteiger partial charge in [0.1, 0.15) is 0 Å². The summed E-state index contributed by atoms with van der Waals surface area (Å²) >= 11 is 0. The van der Waals surface area contributed by atoms with Crippen molar-refractivity contribution in [3.8, 4) is 0 Å². The fraction of sp³-hybridized carbons (Fsp3) is 0.850. The molecule has 1 saturated carbocycles. The molecule has 0 bridgehead atoms. The number of esters is 2. The van der Waals surface area contributed by atoms with Crippen molar-refractivity contribution in [2.24, 2.45) is 17.3 Å². The highest BCUT2D eigenvalue weighted by atomic mass is 31.2. The lowest BCUT2D eigenvalue weighted by atomic mass is 9.81. The highest BCUT2D eigenvalue weighted by Gasteiger charge is 2.50. The first-order valence-electron chi connectivity index (χ1n) is 10.5. The second-order valence-corrected chi connectivity index (χ2v) is 10.7. The van der Waals surface area contributed by atoms with Gasteiger partial charge < -0.3 is 19.3 Å². The lowest BCUT2D eigenvalue weighted by Gasteiger charge is -2.41. The molecule has 9 nitrogen and oxygen atoms in total. The zero-order chi connectivity index (χ0) is 22.4. The van der Waals surface area contributed by atoms with Crippen molar-refractivity contribution in [3.63, 3.8) is 0 Å². The maximum Gasteiger partial charge on any atom is 0.332 e. The number of hydrogen-bond acceptors (Lipinski definition) is 8. The van der Waals surface area contributed by atoms with Crippen molar-refractivity contribution in [1.29, 1.82) is 0 Å². The fourth-order valence-corrected chi connectivity index (χ4v) is 6.41. The van der Waals surface area contributed by atoms with Crippen LogP contribution in [0.25, 0.3) is 0 Å². The van der Waals surface area contributed by atoms with E-state index in [9.17, 15) is 18.9 Å². The predicted molar refractivity (Wildman–Crippen MR) is 109 cm³/mol. The zero-order valence-electron chi connectivity index (χ0n) is 18.3. The second kappa shape index (κ2) is 10.7. The van der Waals surface area contributed by atoms with Crippen LogP contribution >= 0.6 is 7.60 Å². The van der Waals surface area contributed by atoms with Crippen LogP contribution in [0.1, 0.15) is 52.4 Å². The number of methoxy groups -OCH3 is 2. The first kappa shape index (κ1) is 24.8. The van der Waals surface area contributed by atoms with Crippen LogP contribution in [0.4, 0.5) is 0 Å². The van der Waals surface area contributed by atoms with E-state index in [1.165, 1.54) is 14.2 Å². The predicted octanol–water partition coefficient (Wildman–Crippen LogP) is 2.67. The third-order valence-corrected chi connectivity index (χ3v) is 7.74. The lowest BCUT2D eigenvalue weighted by Crippen LogP contribution is -2.50. The van der Waals surface area contributed by atoms with Crippen LogP contribution in [0.5, 0.6) is 0 Å². The summed E-state index contributed by atoms with van der Waals surface area (Å²) in [7, 11) is -1.11. The molecular weight excluding hydrogens is 413 g/mol. The molecule has 0 spiro atoms. The molecule has 1 unspecified atom stereocenters. The van der Waals surface area contributed by atoms with Crippen molar-refractivity contribution < 1.29 is 37.5 Å². The van der Waals surface area contributed by atoms with E-state index in [0.717, 1.165) is 32.1 Å². The van der Waals surface area contributed by atoms with Crippen molar-refractivity contribution in [2.45, 2.75) is 58.5 Å². The maximum atomic E-state index is 13.4. The Balaban J connectivity index is 2.09. The van der Waals surface area contributed by atoms with Crippen LogP contribution in [0.15, 0.2) is 0 Å². The summed E-state index contributed by atoms with van der Waals surface area (Å²) in [6, 6.07) is 0. The number of ether oxygens (including phenoxy) is 2. The fourth-order valence-electron chi connectivity index (χ4n) is 4.00. The Morgan fingerprint density at radius 1 is 1.13 bits per heavy atom. The van der Waals surface area contributed by atoms with Crippen LogP contribution < -0.4 is 5.32 Å². The number of rotatable bonds is 8. The van der Waals surface area contributed by atoms with E-state index < -0.39 is 42.9 Å². The van der Waals surface area contributed by atoms with E-state index in [4.69, 9.17) is 13.8 Å². The van der Waals surface area contributed by atoms with Crippen LogP contribution in [0, 0.1) is 17.3 Å². The minimum absolute atomic E-state index is 0.0235. The summed E-state index contributed by atoms with van der Waals surface area (Å²) in [4.78, 5) is 36.4. The number of carbonyl (C=O) groups is 3. The summed E-state index contributed by atoms with van der Waals surface area (Å²) < 4.78 is 34.3. The smallest absolute Gasteiger partial charge is 0.332 e. The van der Waals surface area contributed by atoms with Crippen LogP contribution in [0.3, 0.4) is 0 Å². The van der Waals surface area contributed by atoms with Gasteiger partial charge in [0, 0.05) is 12.0 Å². The van der Waals surface area contributed by atoms with Gasteiger partial charge in [-0.15, -0.1) is 0 Å². The number of amides is 1. The SMILES string of the molecule is COC(=O)CCNC(=O)[C@@H]1OP(=O)(C[C@H](C(=O)OC)C2CCCCC2)OCC1(C)C. The summed E-state index contributed by atoms with van der Waals surface area (Å²) in [5, 5.41) is 2.63. The molecule has 3 atom stereocenters. The van der Waals surface area contributed by atoms with Gasteiger partial charge >= 0.3 is 19.5 Å². The Morgan fingerprint density at radius 2 is 1.80 bits per heavy atom. The molecule has 2 aliphatic rings. The van der Waals surface area contributed by atoms with Crippen molar-refractivity contribution in [1.82, 2.24) is 5.32 Å². The zero-order valence-corrected chi connectivity index (χ0v) is 19.2. The molecule has 0 radical (unpaired) electrons. The number of carbonyl (C=O) groups excluding carboxylic acids is 3. The Bertz CT molecular complexity index is 674. The van der Waals surface area contributed by atoms with E-state index in [1.54, 1.807) is 13.8 Å². The average molecular weight is 447 g/mol. The lowest BCUT2D eigenvalue weighted by molar-refractivity contribution is -0.147. The molecule has 172 valence electrons. The summed E-state index contributed by atoms with van der Waals surface area (Å²) in [6.07, 6.45) is 3.77. The Morgan fingerprint density at radius 3 is 2.40 bits per heavy atom. The van der Waals surface area contributed by atoms with Gasteiger partial charge in [-0.3, -0.25) is 23.5 Å². The molecule has 1 saturated heterocycles. The molecule has 10 heteroatoms. The third kappa shape index (κ3) is 6.53. The van der Waals surface area contributed by atoms with Crippen molar-refractivity contribution >= 4 is 25.4 Å². The van der Waals surface area contributed by atoms with Gasteiger partial charge in [0.2, 0.25) is 5.91 Å². The van der Waals surface area contributed by atoms with Gasteiger partial charge in [-0.2, -0.15) is 0 Å². The van der Waals surface area contributed by atoms with Gasteiger partial charge in [0.15, 0.2) is 6.10 Å². The molecule has 2 fully saturated rings. The minimum atomic E-state index is -3.70. The molecule has 0 aromatic rings. The average Bonchev–Trinajstić information content (AvgIpc) is 2.74. The first-order valence-corrected chi connectivity index (χ1v) is 12.2. The molecule has 1 amide bonds. The Hall–Kier alpha value is -1.44. The minimum Gasteiger partial charge on any atom is -0.469 e. The molecule has 1 N–H and O–H groups in total. The molecule has 1 heterocycles. The van der Waals surface area contributed by atoms with Gasteiger partial charge in [0.25, 0.3) is 0 Å². The quantitative estimate of drug-likeness (QED) is 0.446. The second-order valence-electron chi connectivity index (χ2n) is 8.69. The van der Waals surface area contributed by atoms with E-state index >= 15 is 0 Å². The van der Waals surface area contributed by atoms with Gasteiger partial charge in [-0.1, -0.05) is 33.1 Å². The molecule has 1 aliphatic heterocycles. The largest absolute Gasteiger partial charge is 0.469 e. The van der Waals surface area contributed by atoms with E-state index in [2.05, 4.69) is 10.1 Å². The molecule has 2 rings (SSSR count). The Labute approximate surface area is 178 Å². The van der Waals surface area contributed by atoms with Gasteiger partial charge in [-0.05, 0) is 18.8 Å². The van der Waals surface area contributed by atoms with E-state index in [0.29, 0.717) is 0 Å². The van der Waals surface area contributed by atoms with Crippen LogP contribution in [0.2, 0.25) is 0 Å². The topological polar surface area (TPSA) is 117 Å². The monoisotopic (exact) mass is 447 g/mol. The summed E-state index contributed by atoms with van der Waals surface area (Å²) in [5.41, 5.74) is -0.727. The highest BCUT2D eigenvalue weighted by molar-refractivity contribution is 7.54. The van der Waals surface area contributed by atoms with E-state index in [-0.39, 0.29) is 31.7 Å². The summed E-state index contributed by atoms with van der Waals surface area (Å²) in [5.74, 6) is -1.87. The molecular formula is C20H34NO8P.